The molecule has 3 rings (SSSR count). The molecule has 7 heteroatoms. The number of carbonyl (C=O) groups is 1. The number of aliphatic hydroxyl groups is 1. The van der Waals surface area contributed by atoms with Crippen LogP contribution in [-0.4, -0.2) is 47.8 Å². The molecule has 2 N–H and O–H groups in total. The topological polar surface area (TPSA) is 98.5 Å². The van der Waals surface area contributed by atoms with Crippen LogP contribution in [0, 0.1) is 11.3 Å². The fraction of sp³-hybridized carbons (Fsp3) is 0.381. The van der Waals surface area contributed by atoms with Crippen LogP contribution < -0.4 is 15.0 Å². The fourth-order valence-corrected chi connectivity index (χ4v) is 3.17. The zero-order valence-electron chi connectivity index (χ0n) is 15.6. The molecule has 0 unspecified atom stereocenters. The summed E-state index contributed by atoms with van der Waals surface area (Å²) in [6.45, 7) is 1.54. The van der Waals surface area contributed by atoms with Gasteiger partial charge in [0.05, 0.1) is 18.8 Å². The van der Waals surface area contributed by atoms with E-state index in [4.69, 9.17) is 10.00 Å². The van der Waals surface area contributed by atoms with E-state index in [-0.39, 0.29) is 11.9 Å². The number of nitrogens with one attached hydrogen (secondary N) is 1. The molecule has 0 bridgehead atoms. The highest BCUT2D eigenvalue weighted by Crippen LogP contribution is 2.19. The number of rotatable bonds is 7. The number of hydrogen-bond donors (Lipinski definition) is 2. The molecular weight excluding hydrogens is 356 g/mol. The van der Waals surface area contributed by atoms with Gasteiger partial charge in [0.25, 0.3) is 0 Å². The minimum atomic E-state index is -0.597. The van der Waals surface area contributed by atoms with E-state index in [1.165, 1.54) is 0 Å². The first-order valence-electron chi connectivity index (χ1n) is 9.43. The molecule has 146 valence electrons. The third kappa shape index (κ3) is 5.44. The van der Waals surface area contributed by atoms with Crippen LogP contribution >= 0.6 is 0 Å². The first-order chi connectivity index (χ1) is 13.7. The average Bonchev–Trinajstić information content (AvgIpc) is 2.73. The number of ether oxygens (including phenoxy) is 1. The van der Waals surface area contributed by atoms with Gasteiger partial charge in [0, 0.05) is 19.5 Å². The van der Waals surface area contributed by atoms with Crippen molar-refractivity contribution in [3.63, 3.8) is 0 Å². The van der Waals surface area contributed by atoms with E-state index in [0.717, 1.165) is 5.75 Å². The van der Waals surface area contributed by atoms with Gasteiger partial charge in [-0.25, -0.2) is 4.98 Å². The van der Waals surface area contributed by atoms with Crippen LogP contribution in [0.4, 0.5) is 5.82 Å². The molecule has 1 aliphatic rings. The number of benzene rings is 1. The summed E-state index contributed by atoms with van der Waals surface area (Å²) in [4.78, 5) is 18.5. The zero-order valence-corrected chi connectivity index (χ0v) is 15.6. The van der Waals surface area contributed by atoms with Crippen LogP contribution in [0.25, 0.3) is 0 Å². The van der Waals surface area contributed by atoms with Crippen LogP contribution in [0.1, 0.15) is 25.0 Å². The predicted molar refractivity (Wildman–Crippen MR) is 105 cm³/mol. The number of aromatic nitrogens is 1. The van der Waals surface area contributed by atoms with Gasteiger partial charge in [-0.2, -0.15) is 5.26 Å². The van der Waals surface area contributed by atoms with Crippen molar-refractivity contribution in [2.75, 3.05) is 24.6 Å². The average molecular weight is 380 g/mol. The van der Waals surface area contributed by atoms with Crippen LogP contribution in [0.3, 0.4) is 0 Å². The molecular formula is C21H24N4O3. The molecule has 1 aromatic carbocycles. The maximum absolute atomic E-state index is 12.3. The van der Waals surface area contributed by atoms with Crippen LogP contribution in [-0.2, 0) is 4.79 Å². The van der Waals surface area contributed by atoms with Gasteiger partial charge in [-0.15, -0.1) is 0 Å². The van der Waals surface area contributed by atoms with E-state index in [0.29, 0.717) is 50.5 Å². The van der Waals surface area contributed by atoms with E-state index < -0.39 is 6.10 Å². The number of pyridine rings is 1. The predicted octanol–water partition coefficient (Wildman–Crippen LogP) is 1.87. The largest absolute Gasteiger partial charge is 0.494 e. The van der Waals surface area contributed by atoms with Crippen LogP contribution in [0.15, 0.2) is 48.5 Å². The van der Waals surface area contributed by atoms with Gasteiger partial charge >= 0.3 is 0 Å². The van der Waals surface area contributed by atoms with Crippen molar-refractivity contribution >= 4 is 11.7 Å². The van der Waals surface area contributed by atoms with Crippen molar-refractivity contribution in [3.8, 4) is 11.8 Å². The van der Waals surface area contributed by atoms with E-state index in [1.807, 2.05) is 47.4 Å². The number of para-hydroxylation sites is 1. The van der Waals surface area contributed by atoms with Gasteiger partial charge in [0.15, 0.2) is 0 Å². The zero-order chi connectivity index (χ0) is 19.8. The molecule has 7 nitrogen and oxygen atoms in total. The quantitative estimate of drug-likeness (QED) is 0.712. The molecule has 0 saturated carbocycles. The maximum atomic E-state index is 12.3. The van der Waals surface area contributed by atoms with E-state index >= 15 is 0 Å². The maximum Gasteiger partial charge on any atom is 0.220 e. The molecule has 1 aromatic heterocycles. The molecule has 1 aliphatic heterocycles. The number of piperidine rings is 1. The monoisotopic (exact) mass is 380 g/mol. The lowest BCUT2D eigenvalue weighted by molar-refractivity contribution is -0.123. The van der Waals surface area contributed by atoms with Crippen molar-refractivity contribution in [3.05, 3.63) is 54.2 Å². The second-order valence-electron chi connectivity index (χ2n) is 6.73. The lowest BCUT2D eigenvalue weighted by Crippen LogP contribution is -2.55. The lowest BCUT2D eigenvalue weighted by Gasteiger charge is -2.37. The third-order valence-electron chi connectivity index (χ3n) is 4.66. The van der Waals surface area contributed by atoms with Gasteiger partial charge in [-0.1, -0.05) is 24.3 Å². The molecule has 28 heavy (non-hydrogen) atoms. The Labute approximate surface area is 164 Å². The third-order valence-corrected chi connectivity index (χ3v) is 4.66. The smallest absolute Gasteiger partial charge is 0.220 e. The summed E-state index contributed by atoms with van der Waals surface area (Å²) in [5.41, 5.74) is 0.350. The van der Waals surface area contributed by atoms with Crippen LogP contribution in [0.2, 0.25) is 0 Å². The first-order valence-corrected chi connectivity index (χ1v) is 9.43. The number of nitrogens with zero attached hydrogens (tertiary/aromatic N) is 3. The Hall–Kier alpha value is -3.11. The Bertz CT molecular complexity index is 822. The van der Waals surface area contributed by atoms with Crippen molar-refractivity contribution in [2.45, 2.75) is 31.4 Å². The van der Waals surface area contributed by atoms with Gasteiger partial charge in [-0.3, -0.25) is 4.79 Å². The highest BCUT2D eigenvalue weighted by molar-refractivity contribution is 5.76. The van der Waals surface area contributed by atoms with Crippen molar-refractivity contribution in [1.82, 2.24) is 10.3 Å². The molecule has 1 saturated heterocycles. The Balaban J connectivity index is 1.46. The first kappa shape index (κ1) is 19.6. The summed E-state index contributed by atoms with van der Waals surface area (Å²) in [6.07, 6.45) is 0.859. The Morgan fingerprint density at radius 2 is 2.11 bits per heavy atom. The summed E-state index contributed by atoms with van der Waals surface area (Å²) in [7, 11) is 0. The molecule has 2 heterocycles. The molecule has 1 fully saturated rings. The molecule has 2 aromatic rings. The molecule has 0 spiro atoms. The molecule has 0 radical (unpaired) electrons. The second kappa shape index (κ2) is 9.72. The molecule has 1 amide bonds. The summed E-state index contributed by atoms with van der Waals surface area (Å²) < 4.78 is 5.59. The van der Waals surface area contributed by atoms with E-state index in [9.17, 15) is 9.90 Å². The van der Waals surface area contributed by atoms with Gasteiger partial charge < -0.3 is 20.1 Å². The summed E-state index contributed by atoms with van der Waals surface area (Å²) >= 11 is 0. The Kier molecular flexibility index (Phi) is 6.82. The van der Waals surface area contributed by atoms with Crippen molar-refractivity contribution < 1.29 is 14.6 Å². The summed E-state index contributed by atoms with van der Waals surface area (Å²) in [5.74, 6) is 1.36. The molecule has 0 aliphatic carbocycles. The number of hydrogen-bond acceptors (Lipinski definition) is 6. The van der Waals surface area contributed by atoms with E-state index in [2.05, 4.69) is 10.3 Å². The Morgan fingerprint density at radius 3 is 2.89 bits per heavy atom. The fourth-order valence-electron chi connectivity index (χ4n) is 3.17. The standard InChI is InChI=1S/C21H24N4O3/c22-14-16-6-4-9-20(23-16)25-12-11-19(26)18(15-25)24-21(27)10-5-13-28-17-7-2-1-3-8-17/h1-4,6-9,18-19,26H,5,10-13,15H2,(H,24,27)/t18-,19+/m1/s1. The number of anilines is 1. The lowest BCUT2D eigenvalue weighted by atomic mass is 10.0. The number of amides is 1. The highest BCUT2D eigenvalue weighted by atomic mass is 16.5. The molecule has 2 atom stereocenters. The van der Waals surface area contributed by atoms with Gasteiger partial charge in [0.2, 0.25) is 5.91 Å². The number of carbonyl (C=O) groups excluding carboxylic acids is 1. The van der Waals surface area contributed by atoms with Gasteiger partial charge in [-0.05, 0) is 37.1 Å². The Morgan fingerprint density at radius 1 is 1.29 bits per heavy atom. The van der Waals surface area contributed by atoms with E-state index in [1.54, 1.807) is 12.1 Å². The van der Waals surface area contributed by atoms with Crippen molar-refractivity contribution in [2.24, 2.45) is 0 Å². The SMILES string of the molecule is N#Cc1cccc(N2CC[C@H](O)[C@H](NC(=O)CCCOc3ccccc3)C2)n1. The van der Waals surface area contributed by atoms with Crippen molar-refractivity contribution in [1.29, 1.82) is 5.26 Å². The normalized spacial score (nSPS) is 18.9. The van der Waals surface area contributed by atoms with Crippen LogP contribution in [0.5, 0.6) is 5.75 Å². The summed E-state index contributed by atoms with van der Waals surface area (Å²) in [5, 5.41) is 22.2. The number of nitriles is 1. The minimum absolute atomic E-state index is 0.110. The summed E-state index contributed by atoms with van der Waals surface area (Å²) in [6, 6.07) is 16.4. The number of aliphatic hydroxyl groups excluding tert-OH is 1. The minimum Gasteiger partial charge on any atom is -0.494 e. The highest BCUT2D eigenvalue weighted by Gasteiger charge is 2.29. The van der Waals surface area contributed by atoms with Gasteiger partial charge in [0.1, 0.15) is 23.3 Å². The second-order valence-corrected chi connectivity index (χ2v) is 6.73.